The molecule has 0 aliphatic rings. The van der Waals surface area contributed by atoms with Gasteiger partial charge in [-0.3, -0.25) is 10.1 Å². The average molecular weight is 414 g/mol. The van der Waals surface area contributed by atoms with Crippen LogP contribution in [0.1, 0.15) is 35.3 Å². The van der Waals surface area contributed by atoms with Crippen LogP contribution in [0.5, 0.6) is 11.5 Å². The van der Waals surface area contributed by atoms with Crippen LogP contribution in [0.3, 0.4) is 0 Å². The van der Waals surface area contributed by atoms with Gasteiger partial charge in [-0.05, 0) is 63.1 Å². The molecule has 8 heteroatoms. The number of anilines is 1. The zero-order valence-corrected chi connectivity index (χ0v) is 17.7. The number of benzene rings is 2. The van der Waals surface area contributed by atoms with E-state index in [0.29, 0.717) is 17.2 Å². The Labute approximate surface area is 175 Å². The first-order valence-electron chi connectivity index (χ1n) is 9.40. The van der Waals surface area contributed by atoms with E-state index < -0.39 is 24.5 Å². The second-order valence-corrected chi connectivity index (χ2v) is 6.86. The zero-order chi connectivity index (χ0) is 22.3. The number of hydrogen-bond acceptors (Lipinski definition) is 6. The molecule has 0 spiro atoms. The number of rotatable bonds is 7. The summed E-state index contributed by atoms with van der Waals surface area (Å²) in [5.41, 5.74) is 2.68. The number of methoxy groups -OCH3 is 1. The third-order valence-corrected chi connectivity index (χ3v) is 4.20. The van der Waals surface area contributed by atoms with Crippen molar-refractivity contribution in [2.75, 3.05) is 19.0 Å². The number of urea groups is 1. The number of amides is 3. The monoisotopic (exact) mass is 414 g/mol. The molecular weight excluding hydrogens is 388 g/mol. The van der Waals surface area contributed by atoms with Gasteiger partial charge < -0.3 is 19.5 Å². The molecule has 0 bridgehead atoms. The first kappa shape index (κ1) is 22.7. The van der Waals surface area contributed by atoms with E-state index in [1.807, 2.05) is 33.8 Å². The molecule has 0 unspecified atom stereocenters. The molecule has 0 aliphatic heterocycles. The summed E-state index contributed by atoms with van der Waals surface area (Å²) in [6, 6.07) is 9.30. The van der Waals surface area contributed by atoms with Gasteiger partial charge in [0.05, 0.1) is 18.8 Å². The van der Waals surface area contributed by atoms with Gasteiger partial charge in [0.25, 0.3) is 5.91 Å². The Morgan fingerprint density at radius 1 is 1.03 bits per heavy atom. The van der Waals surface area contributed by atoms with Crippen molar-refractivity contribution in [1.82, 2.24) is 5.32 Å². The molecular formula is C22H26N2O6. The number of hydrogen-bond donors (Lipinski definition) is 2. The summed E-state index contributed by atoms with van der Waals surface area (Å²) in [6.07, 6.45) is -0.0601. The van der Waals surface area contributed by atoms with Crippen LogP contribution in [0, 0.1) is 13.8 Å². The van der Waals surface area contributed by atoms with Gasteiger partial charge in [-0.1, -0.05) is 12.1 Å². The average Bonchev–Trinajstić information content (AvgIpc) is 2.69. The van der Waals surface area contributed by atoms with Gasteiger partial charge in [-0.25, -0.2) is 9.59 Å². The van der Waals surface area contributed by atoms with Crippen molar-refractivity contribution in [2.45, 2.75) is 33.8 Å². The molecule has 0 fully saturated rings. The Balaban J connectivity index is 1.90. The lowest BCUT2D eigenvalue weighted by Crippen LogP contribution is -2.37. The minimum Gasteiger partial charge on any atom is -0.493 e. The molecule has 0 saturated carbocycles. The molecule has 0 atom stereocenters. The number of ether oxygens (including phenoxy) is 3. The van der Waals surface area contributed by atoms with Crippen molar-refractivity contribution in [3.8, 4) is 11.5 Å². The van der Waals surface area contributed by atoms with Crippen molar-refractivity contribution >= 4 is 23.6 Å². The summed E-state index contributed by atoms with van der Waals surface area (Å²) in [5, 5.41) is 4.72. The van der Waals surface area contributed by atoms with E-state index in [0.717, 1.165) is 11.1 Å². The van der Waals surface area contributed by atoms with E-state index in [4.69, 9.17) is 14.2 Å². The van der Waals surface area contributed by atoms with Crippen LogP contribution in [0.15, 0.2) is 36.4 Å². The Morgan fingerprint density at radius 3 is 2.43 bits per heavy atom. The fourth-order valence-corrected chi connectivity index (χ4v) is 2.56. The van der Waals surface area contributed by atoms with E-state index in [1.165, 1.54) is 19.2 Å². The Kier molecular flexibility index (Phi) is 7.80. The molecule has 8 nitrogen and oxygen atoms in total. The molecule has 2 rings (SSSR count). The maximum absolute atomic E-state index is 12.2. The molecule has 2 N–H and O–H groups in total. The van der Waals surface area contributed by atoms with Crippen LogP contribution < -0.4 is 20.1 Å². The van der Waals surface area contributed by atoms with Crippen LogP contribution in [0.4, 0.5) is 10.5 Å². The highest BCUT2D eigenvalue weighted by molar-refractivity contribution is 6.02. The summed E-state index contributed by atoms with van der Waals surface area (Å²) < 4.78 is 15.8. The van der Waals surface area contributed by atoms with Gasteiger partial charge in [0, 0.05) is 5.69 Å². The summed E-state index contributed by atoms with van der Waals surface area (Å²) in [5.74, 6) is -0.618. The summed E-state index contributed by atoms with van der Waals surface area (Å²) in [4.78, 5) is 36.1. The van der Waals surface area contributed by atoms with Crippen LogP contribution in [-0.2, 0) is 9.53 Å². The first-order chi connectivity index (χ1) is 14.2. The number of carbonyl (C=O) groups excluding carboxylic acids is 3. The van der Waals surface area contributed by atoms with E-state index in [9.17, 15) is 14.4 Å². The van der Waals surface area contributed by atoms with E-state index >= 15 is 0 Å². The molecule has 160 valence electrons. The van der Waals surface area contributed by atoms with Crippen molar-refractivity contribution in [1.29, 1.82) is 0 Å². The van der Waals surface area contributed by atoms with E-state index in [2.05, 4.69) is 10.6 Å². The minimum atomic E-state index is -0.752. The van der Waals surface area contributed by atoms with Crippen LogP contribution in [-0.4, -0.2) is 37.7 Å². The first-order valence-corrected chi connectivity index (χ1v) is 9.40. The highest BCUT2D eigenvalue weighted by Crippen LogP contribution is 2.29. The number of aryl methyl sites for hydroxylation is 1. The van der Waals surface area contributed by atoms with Crippen molar-refractivity contribution in [3.05, 3.63) is 53.1 Å². The van der Waals surface area contributed by atoms with Crippen molar-refractivity contribution < 1.29 is 28.6 Å². The zero-order valence-electron chi connectivity index (χ0n) is 17.7. The minimum absolute atomic E-state index is 0.0601. The Morgan fingerprint density at radius 2 is 1.77 bits per heavy atom. The molecule has 30 heavy (non-hydrogen) atoms. The molecule has 0 saturated heterocycles. The number of nitrogens with one attached hydrogen (secondary N) is 2. The van der Waals surface area contributed by atoms with Gasteiger partial charge >= 0.3 is 12.0 Å². The lowest BCUT2D eigenvalue weighted by molar-refractivity contribution is -0.123. The highest BCUT2D eigenvalue weighted by Gasteiger charge is 2.16. The largest absolute Gasteiger partial charge is 0.493 e. The van der Waals surface area contributed by atoms with Crippen molar-refractivity contribution in [2.24, 2.45) is 0 Å². The summed E-state index contributed by atoms with van der Waals surface area (Å²) in [6.45, 7) is 6.92. The lowest BCUT2D eigenvalue weighted by atomic mass is 10.1. The molecule has 0 heterocycles. The summed E-state index contributed by atoms with van der Waals surface area (Å²) >= 11 is 0. The van der Waals surface area contributed by atoms with Gasteiger partial charge in [-0.15, -0.1) is 0 Å². The Bertz CT molecular complexity index is 939. The molecule has 0 radical (unpaired) electrons. The number of imide groups is 1. The lowest BCUT2D eigenvalue weighted by Gasteiger charge is -2.14. The van der Waals surface area contributed by atoms with Gasteiger partial charge in [-0.2, -0.15) is 0 Å². The highest BCUT2D eigenvalue weighted by atomic mass is 16.5. The number of esters is 1. The standard InChI is InChI=1S/C22H26N2O6/c1-13(2)30-18-10-9-16(11-19(18)28-5)21(26)29-12-20(25)24-22(27)23-17-8-6-7-14(3)15(17)4/h6-11,13H,12H2,1-5H3,(H2,23,24,25,27). The second-order valence-electron chi connectivity index (χ2n) is 6.86. The summed E-state index contributed by atoms with van der Waals surface area (Å²) in [7, 11) is 1.46. The fraction of sp³-hybridized carbons (Fsp3) is 0.318. The van der Waals surface area contributed by atoms with Crippen molar-refractivity contribution in [3.63, 3.8) is 0 Å². The molecule has 2 aromatic carbocycles. The van der Waals surface area contributed by atoms with E-state index in [-0.39, 0.29) is 11.7 Å². The molecule has 3 amide bonds. The molecule has 0 aromatic heterocycles. The molecule has 2 aromatic rings. The maximum atomic E-state index is 12.2. The van der Waals surface area contributed by atoms with Gasteiger partial charge in [0.1, 0.15) is 0 Å². The topological polar surface area (TPSA) is 103 Å². The van der Waals surface area contributed by atoms with E-state index in [1.54, 1.807) is 18.2 Å². The number of carbonyl (C=O) groups is 3. The van der Waals surface area contributed by atoms with Crippen LogP contribution >= 0.6 is 0 Å². The van der Waals surface area contributed by atoms with Crippen LogP contribution in [0.25, 0.3) is 0 Å². The van der Waals surface area contributed by atoms with Gasteiger partial charge in [0.2, 0.25) is 0 Å². The molecule has 0 aliphatic carbocycles. The smallest absolute Gasteiger partial charge is 0.338 e. The quantitative estimate of drug-likeness (QED) is 0.671. The predicted molar refractivity (Wildman–Crippen MR) is 112 cm³/mol. The third kappa shape index (κ3) is 6.23. The normalized spacial score (nSPS) is 10.3. The second kappa shape index (κ2) is 10.3. The Hall–Kier alpha value is -3.55. The van der Waals surface area contributed by atoms with Gasteiger partial charge in [0.15, 0.2) is 18.1 Å². The SMILES string of the molecule is COc1cc(C(=O)OCC(=O)NC(=O)Nc2cccc(C)c2C)ccc1OC(C)C. The fourth-order valence-electron chi connectivity index (χ4n) is 2.56. The predicted octanol–water partition coefficient (Wildman–Crippen LogP) is 3.60. The maximum Gasteiger partial charge on any atom is 0.338 e. The third-order valence-electron chi connectivity index (χ3n) is 4.20. The van der Waals surface area contributed by atoms with Crippen LogP contribution in [0.2, 0.25) is 0 Å².